The Morgan fingerprint density at radius 1 is 1.35 bits per heavy atom. The van der Waals surface area contributed by atoms with Crippen LogP contribution in [0.2, 0.25) is 0 Å². The van der Waals surface area contributed by atoms with Crippen LogP contribution in [0.25, 0.3) is 0 Å². The Kier molecular flexibility index (Phi) is 3.71. The highest BCUT2D eigenvalue weighted by molar-refractivity contribution is 5.80. The SMILES string of the molecule is NC(=O)C(CO)O[C@@H]1OC2C(C(N)=O)[C@@H](O)C(O)C21O. The third-order valence-corrected chi connectivity index (χ3v) is 3.69. The molecular formula is C10H16N2O8. The zero-order chi connectivity index (χ0) is 15.2. The number of primary amides is 2. The van der Waals surface area contributed by atoms with Crippen LogP contribution < -0.4 is 11.5 Å². The Bertz CT molecular complexity index is 431. The van der Waals surface area contributed by atoms with Crippen molar-refractivity contribution in [1.82, 2.24) is 0 Å². The van der Waals surface area contributed by atoms with Gasteiger partial charge < -0.3 is 41.4 Å². The van der Waals surface area contributed by atoms with E-state index in [0.717, 1.165) is 0 Å². The Morgan fingerprint density at radius 3 is 2.40 bits per heavy atom. The molecule has 2 fully saturated rings. The molecule has 10 heteroatoms. The molecule has 0 aromatic rings. The monoisotopic (exact) mass is 292 g/mol. The number of ether oxygens (including phenoxy) is 2. The van der Waals surface area contributed by atoms with Crippen LogP contribution in [0, 0.1) is 5.92 Å². The maximum Gasteiger partial charge on any atom is 0.249 e. The van der Waals surface area contributed by atoms with Gasteiger partial charge in [-0.2, -0.15) is 0 Å². The van der Waals surface area contributed by atoms with Crippen molar-refractivity contribution in [3.63, 3.8) is 0 Å². The molecule has 2 rings (SSSR count). The number of amides is 2. The predicted molar refractivity (Wildman–Crippen MR) is 59.5 cm³/mol. The molecule has 10 nitrogen and oxygen atoms in total. The third-order valence-electron chi connectivity index (χ3n) is 3.69. The fourth-order valence-electron chi connectivity index (χ4n) is 2.55. The maximum absolute atomic E-state index is 11.2. The van der Waals surface area contributed by atoms with E-state index in [-0.39, 0.29) is 0 Å². The van der Waals surface area contributed by atoms with Gasteiger partial charge in [-0.3, -0.25) is 9.59 Å². The first-order valence-corrected chi connectivity index (χ1v) is 5.84. The molecule has 0 spiro atoms. The van der Waals surface area contributed by atoms with Gasteiger partial charge in [0.1, 0.15) is 12.2 Å². The summed E-state index contributed by atoms with van der Waals surface area (Å²) in [4.78, 5) is 22.1. The molecule has 0 radical (unpaired) electrons. The topological polar surface area (TPSA) is 186 Å². The van der Waals surface area contributed by atoms with E-state index in [0.29, 0.717) is 0 Å². The molecular weight excluding hydrogens is 276 g/mol. The quantitative estimate of drug-likeness (QED) is 0.291. The number of aliphatic hydroxyl groups is 4. The van der Waals surface area contributed by atoms with E-state index in [1.807, 2.05) is 0 Å². The van der Waals surface area contributed by atoms with Crippen LogP contribution in [0.5, 0.6) is 0 Å². The molecule has 20 heavy (non-hydrogen) atoms. The molecule has 1 aliphatic carbocycles. The third kappa shape index (κ3) is 1.89. The number of carbonyl (C=O) groups excluding carboxylic acids is 2. The highest BCUT2D eigenvalue weighted by Crippen LogP contribution is 2.49. The second kappa shape index (κ2) is 4.91. The first kappa shape index (κ1) is 15.1. The maximum atomic E-state index is 11.2. The van der Waals surface area contributed by atoms with Crippen LogP contribution >= 0.6 is 0 Å². The number of hydrogen-bond acceptors (Lipinski definition) is 8. The first-order valence-electron chi connectivity index (χ1n) is 5.84. The van der Waals surface area contributed by atoms with Crippen molar-refractivity contribution in [3.05, 3.63) is 0 Å². The standard InChI is InChI=1S/C10H16N2O8/c11-7(16)2(1-13)19-9-10(18)5(15)4(14)3(8(12)17)6(10)20-9/h2-6,9,13-15,18H,1H2,(H2,11,16)(H2,12,17)/t2?,3?,4-,5?,6?,9-,10?/m1/s1. The van der Waals surface area contributed by atoms with Crippen molar-refractivity contribution in [1.29, 1.82) is 0 Å². The second-order valence-corrected chi connectivity index (χ2v) is 4.85. The summed E-state index contributed by atoms with van der Waals surface area (Å²) >= 11 is 0. The van der Waals surface area contributed by atoms with E-state index in [9.17, 15) is 24.9 Å². The minimum Gasteiger partial charge on any atom is -0.393 e. The van der Waals surface area contributed by atoms with Gasteiger partial charge in [-0.25, -0.2) is 0 Å². The van der Waals surface area contributed by atoms with Crippen LogP contribution in [-0.4, -0.2) is 75.2 Å². The van der Waals surface area contributed by atoms with Crippen LogP contribution in [0.15, 0.2) is 0 Å². The largest absolute Gasteiger partial charge is 0.393 e. The molecule has 1 heterocycles. The number of rotatable bonds is 5. The summed E-state index contributed by atoms with van der Waals surface area (Å²) in [5.41, 5.74) is 7.90. The molecule has 114 valence electrons. The van der Waals surface area contributed by atoms with Crippen molar-refractivity contribution >= 4 is 11.8 Å². The average molecular weight is 292 g/mol. The highest BCUT2D eigenvalue weighted by Gasteiger charge is 2.73. The molecule has 0 bridgehead atoms. The number of hydrogen-bond donors (Lipinski definition) is 6. The molecule has 0 aromatic carbocycles. The fraction of sp³-hybridized carbons (Fsp3) is 0.800. The lowest BCUT2D eigenvalue weighted by molar-refractivity contribution is -0.392. The van der Waals surface area contributed by atoms with E-state index < -0.39 is 60.6 Å². The van der Waals surface area contributed by atoms with Crippen molar-refractivity contribution in [2.24, 2.45) is 17.4 Å². The van der Waals surface area contributed by atoms with Crippen molar-refractivity contribution in [3.8, 4) is 0 Å². The Hall–Kier alpha value is -1.30. The van der Waals surface area contributed by atoms with Gasteiger partial charge in [0, 0.05) is 0 Å². The van der Waals surface area contributed by atoms with Gasteiger partial charge in [-0.1, -0.05) is 0 Å². The van der Waals surface area contributed by atoms with Gasteiger partial charge in [0.05, 0.1) is 18.6 Å². The normalized spacial score (nSPS) is 44.5. The number of aliphatic hydroxyl groups excluding tert-OH is 3. The van der Waals surface area contributed by atoms with Gasteiger partial charge in [0.15, 0.2) is 18.0 Å². The summed E-state index contributed by atoms with van der Waals surface area (Å²) in [6.45, 7) is -0.756. The number of fused-ring (bicyclic) bond motifs is 1. The van der Waals surface area contributed by atoms with Gasteiger partial charge in [0.2, 0.25) is 11.8 Å². The molecule has 1 saturated carbocycles. The molecule has 1 aliphatic heterocycles. The first-order chi connectivity index (χ1) is 9.25. The summed E-state index contributed by atoms with van der Waals surface area (Å²) in [7, 11) is 0. The Labute approximate surface area is 112 Å². The fourth-order valence-corrected chi connectivity index (χ4v) is 2.55. The molecule has 2 aliphatic rings. The Morgan fingerprint density at radius 2 is 1.95 bits per heavy atom. The zero-order valence-electron chi connectivity index (χ0n) is 10.2. The summed E-state index contributed by atoms with van der Waals surface area (Å²) < 4.78 is 9.99. The molecule has 8 N–H and O–H groups in total. The summed E-state index contributed by atoms with van der Waals surface area (Å²) in [5, 5.41) is 38.7. The van der Waals surface area contributed by atoms with Gasteiger partial charge in [-0.15, -0.1) is 0 Å². The van der Waals surface area contributed by atoms with Crippen LogP contribution in [0.3, 0.4) is 0 Å². The van der Waals surface area contributed by atoms with Gasteiger partial charge in [-0.05, 0) is 0 Å². The minimum atomic E-state index is -2.11. The van der Waals surface area contributed by atoms with Crippen LogP contribution in [0.4, 0.5) is 0 Å². The van der Waals surface area contributed by atoms with E-state index in [4.69, 9.17) is 26.0 Å². The molecule has 7 atom stereocenters. The lowest BCUT2D eigenvalue weighted by atomic mass is 9.88. The zero-order valence-corrected chi connectivity index (χ0v) is 10.2. The van der Waals surface area contributed by atoms with Crippen LogP contribution in [0.1, 0.15) is 0 Å². The molecule has 2 amide bonds. The van der Waals surface area contributed by atoms with Crippen molar-refractivity contribution in [2.45, 2.75) is 36.3 Å². The van der Waals surface area contributed by atoms with E-state index in [2.05, 4.69) is 0 Å². The van der Waals surface area contributed by atoms with Crippen LogP contribution in [-0.2, 0) is 19.1 Å². The van der Waals surface area contributed by atoms with Crippen molar-refractivity contribution in [2.75, 3.05) is 6.61 Å². The average Bonchev–Trinajstić information content (AvgIpc) is 2.51. The summed E-state index contributed by atoms with van der Waals surface area (Å²) in [5.74, 6) is -3.26. The Balaban J connectivity index is 2.16. The second-order valence-electron chi connectivity index (χ2n) is 4.85. The predicted octanol–water partition coefficient (Wildman–Crippen LogP) is -4.86. The van der Waals surface area contributed by atoms with E-state index in [1.54, 1.807) is 0 Å². The number of nitrogens with two attached hydrogens (primary N) is 2. The lowest BCUT2D eigenvalue weighted by Gasteiger charge is -2.49. The smallest absolute Gasteiger partial charge is 0.249 e. The van der Waals surface area contributed by atoms with E-state index >= 15 is 0 Å². The lowest BCUT2D eigenvalue weighted by Crippen LogP contribution is -2.71. The minimum absolute atomic E-state index is 0.756. The van der Waals surface area contributed by atoms with Gasteiger partial charge >= 0.3 is 0 Å². The molecule has 1 saturated heterocycles. The molecule has 5 unspecified atom stereocenters. The van der Waals surface area contributed by atoms with E-state index in [1.165, 1.54) is 0 Å². The summed E-state index contributed by atoms with van der Waals surface area (Å²) in [6, 6.07) is 0. The van der Waals surface area contributed by atoms with Gasteiger partial charge in [0.25, 0.3) is 0 Å². The summed E-state index contributed by atoms with van der Waals surface area (Å²) in [6.07, 6.45) is -7.62. The highest BCUT2D eigenvalue weighted by atomic mass is 16.7. The number of carbonyl (C=O) groups is 2. The molecule has 0 aromatic heterocycles. The van der Waals surface area contributed by atoms with Crippen molar-refractivity contribution < 1.29 is 39.5 Å².